The smallest absolute Gasteiger partial charge is 0.255 e. The zero-order valence-corrected chi connectivity index (χ0v) is 22.5. The second kappa shape index (κ2) is 11.4. The van der Waals surface area contributed by atoms with Gasteiger partial charge in [-0.05, 0) is 55.7 Å². The van der Waals surface area contributed by atoms with Gasteiger partial charge in [-0.2, -0.15) is 0 Å². The molecule has 2 fully saturated rings. The summed E-state index contributed by atoms with van der Waals surface area (Å²) in [5.41, 5.74) is -1.83. The van der Waals surface area contributed by atoms with E-state index in [2.05, 4.69) is 10.6 Å². The minimum absolute atomic E-state index is 0.113. The van der Waals surface area contributed by atoms with E-state index in [0.717, 1.165) is 6.07 Å². The van der Waals surface area contributed by atoms with Gasteiger partial charge < -0.3 is 20.5 Å². The summed E-state index contributed by atoms with van der Waals surface area (Å²) in [6.45, 7) is 0.623. The molecule has 4 rings (SSSR count). The second-order valence-electron chi connectivity index (χ2n) is 9.97. The minimum atomic E-state index is -4.07. The van der Waals surface area contributed by atoms with E-state index < -0.39 is 55.9 Å². The Labute approximate surface area is 228 Å². The molecule has 2 aromatic carbocycles. The summed E-state index contributed by atoms with van der Waals surface area (Å²) in [6, 6.07) is 4.75. The summed E-state index contributed by atoms with van der Waals surface area (Å²) in [5.74, 6) is -6.74. The molecular weight excluding hydrogens is 561 g/mol. The maximum atomic E-state index is 13.7. The Bertz CT molecular complexity index is 1350. The van der Waals surface area contributed by atoms with Crippen LogP contribution in [0.2, 0.25) is 5.02 Å². The first-order valence-electron chi connectivity index (χ1n) is 12.3. The zero-order chi connectivity index (χ0) is 28.5. The Morgan fingerprint density at radius 1 is 1.10 bits per heavy atom. The third kappa shape index (κ3) is 5.93. The van der Waals surface area contributed by atoms with Crippen molar-refractivity contribution in [3.05, 3.63) is 58.4 Å². The second-order valence-corrected chi connectivity index (χ2v) is 12.6. The molecule has 2 bridgehead atoms. The summed E-state index contributed by atoms with van der Waals surface area (Å²) >= 11 is 6.23. The Kier molecular flexibility index (Phi) is 8.60. The monoisotopic (exact) mass is 588 g/mol. The van der Waals surface area contributed by atoms with Crippen molar-refractivity contribution >= 4 is 38.9 Å². The molecule has 2 saturated carbocycles. The van der Waals surface area contributed by atoms with Crippen molar-refractivity contribution in [3.8, 4) is 0 Å². The molecule has 0 aromatic heterocycles. The van der Waals surface area contributed by atoms with Crippen LogP contribution in [0.1, 0.15) is 42.5 Å². The lowest BCUT2D eigenvalue weighted by atomic mass is 9.72. The van der Waals surface area contributed by atoms with Crippen LogP contribution in [0.4, 0.5) is 18.9 Å². The number of amides is 2. The van der Waals surface area contributed by atoms with Crippen LogP contribution in [0.25, 0.3) is 0 Å². The molecule has 2 aliphatic rings. The highest BCUT2D eigenvalue weighted by molar-refractivity contribution is 7.92. The third-order valence-corrected chi connectivity index (χ3v) is 10.3. The van der Waals surface area contributed by atoms with Crippen molar-refractivity contribution in [2.24, 2.45) is 11.8 Å². The largest absolute Gasteiger partial charge is 0.389 e. The third-order valence-electron chi connectivity index (χ3n) is 7.62. The zero-order valence-electron chi connectivity index (χ0n) is 21.0. The minimum Gasteiger partial charge on any atom is -0.389 e. The first-order chi connectivity index (χ1) is 18.4. The molecule has 212 valence electrons. The standard InChI is InChI=1S/C26H28ClF3N2O6S/c1-38-7-6-31-23(33)13-26(35)15-3-4-16(26)10-18(9-15)39(36,37)22-8-14(2-5-19(22)27)25(34)32-17-11-20(28)24(30)21(29)12-17/h2,5,8,11-12,15-16,18,35H,3-4,6-7,9-10,13H2,1H3,(H,31,33)(H,32,34)/t15?,16?,18-,26-. The number of fused-ring (bicyclic) bond motifs is 2. The molecule has 2 amide bonds. The van der Waals surface area contributed by atoms with Crippen molar-refractivity contribution < 1.29 is 41.0 Å². The van der Waals surface area contributed by atoms with Crippen molar-refractivity contribution in [1.29, 1.82) is 0 Å². The average Bonchev–Trinajstić information content (AvgIpc) is 3.03. The number of nitrogens with one attached hydrogen (secondary N) is 2. The highest BCUT2D eigenvalue weighted by Gasteiger charge is 2.56. The van der Waals surface area contributed by atoms with Crippen molar-refractivity contribution in [3.63, 3.8) is 0 Å². The van der Waals surface area contributed by atoms with Crippen LogP contribution in [0.5, 0.6) is 0 Å². The number of anilines is 1. The fourth-order valence-corrected chi connectivity index (χ4v) is 8.04. The predicted molar refractivity (Wildman–Crippen MR) is 137 cm³/mol. The number of hydrogen-bond acceptors (Lipinski definition) is 6. The van der Waals surface area contributed by atoms with E-state index in [1.54, 1.807) is 0 Å². The molecule has 2 unspecified atom stereocenters. The van der Waals surface area contributed by atoms with Gasteiger partial charge in [-0.25, -0.2) is 21.6 Å². The molecule has 3 N–H and O–H groups in total. The Hall–Kier alpha value is -2.67. The maximum Gasteiger partial charge on any atom is 0.255 e. The summed E-state index contributed by atoms with van der Waals surface area (Å²) in [4.78, 5) is 24.8. The Balaban J connectivity index is 1.52. The van der Waals surface area contributed by atoms with Crippen molar-refractivity contribution in [2.45, 2.75) is 47.9 Å². The lowest BCUT2D eigenvalue weighted by molar-refractivity contribution is -0.132. The molecular formula is C26H28ClF3N2O6S. The summed E-state index contributed by atoms with van der Waals surface area (Å²) < 4.78 is 72.5. The lowest BCUT2D eigenvalue weighted by Crippen LogP contribution is -2.50. The molecule has 13 heteroatoms. The number of rotatable bonds is 9. The highest BCUT2D eigenvalue weighted by Crippen LogP contribution is 2.53. The Morgan fingerprint density at radius 2 is 1.72 bits per heavy atom. The number of aliphatic hydroxyl groups is 1. The van der Waals surface area contributed by atoms with E-state index >= 15 is 0 Å². The first kappa shape index (κ1) is 29.3. The molecule has 2 atom stereocenters. The maximum absolute atomic E-state index is 13.7. The van der Waals surface area contributed by atoms with Crippen LogP contribution >= 0.6 is 11.6 Å². The van der Waals surface area contributed by atoms with Gasteiger partial charge in [0.05, 0.1) is 33.8 Å². The molecule has 0 spiro atoms. The molecule has 0 radical (unpaired) electrons. The number of benzene rings is 2. The van der Waals surface area contributed by atoms with Gasteiger partial charge in [0.25, 0.3) is 5.91 Å². The van der Waals surface area contributed by atoms with E-state index in [1.807, 2.05) is 0 Å². The molecule has 2 aliphatic carbocycles. The predicted octanol–water partition coefficient (Wildman–Crippen LogP) is 3.86. The van der Waals surface area contributed by atoms with Crippen molar-refractivity contribution in [2.75, 3.05) is 25.6 Å². The van der Waals surface area contributed by atoms with Gasteiger partial charge in [-0.3, -0.25) is 9.59 Å². The van der Waals surface area contributed by atoms with Gasteiger partial charge in [-0.15, -0.1) is 0 Å². The number of ether oxygens (including phenoxy) is 1. The first-order valence-corrected chi connectivity index (χ1v) is 14.3. The van der Waals surface area contributed by atoms with Gasteiger partial charge in [-0.1, -0.05) is 11.6 Å². The fraction of sp³-hybridized carbons (Fsp3) is 0.462. The van der Waals surface area contributed by atoms with Gasteiger partial charge in [0.15, 0.2) is 27.3 Å². The van der Waals surface area contributed by atoms with E-state index in [4.69, 9.17) is 16.3 Å². The lowest BCUT2D eigenvalue weighted by Gasteiger charge is -2.42. The molecule has 0 heterocycles. The Morgan fingerprint density at radius 3 is 2.31 bits per heavy atom. The molecule has 2 aromatic rings. The summed E-state index contributed by atoms with van der Waals surface area (Å²) in [6.07, 6.45) is 1.22. The molecule has 8 nitrogen and oxygen atoms in total. The summed E-state index contributed by atoms with van der Waals surface area (Å²) in [5, 5.41) is 15.3. The van der Waals surface area contributed by atoms with E-state index in [1.165, 1.54) is 19.2 Å². The van der Waals surface area contributed by atoms with E-state index in [9.17, 15) is 36.3 Å². The fourth-order valence-electron chi connectivity index (χ4n) is 5.64. The van der Waals surface area contributed by atoms with Crippen LogP contribution in [0.3, 0.4) is 0 Å². The van der Waals surface area contributed by atoms with Crippen molar-refractivity contribution in [1.82, 2.24) is 5.32 Å². The molecule has 0 saturated heterocycles. The van der Waals surface area contributed by atoms with Crippen LogP contribution < -0.4 is 10.6 Å². The number of methoxy groups -OCH3 is 1. The van der Waals surface area contributed by atoms with Gasteiger partial charge in [0.1, 0.15) is 0 Å². The quantitative estimate of drug-likeness (QED) is 0.302. The molecule has 39 heavy (non-hydrogen) atoms. The number of halogens is 4. The number of sulfone groups is 1. The number of carbonyl (C=O) groups is 2. The normalized spacial score (nSPS) is 24.4. The van der Waals surface area contributed by atoms with Crippen LogP contribution in [0.15, 0.2) is 35.2 Å². The summed E-state index contributed by atoms with van der Waals surface area (Å²) in [7, 11) is -2.57. The SMILES string of the molecule is COCCNC(=O)C[C@]1(O)C2CCC1C[C@@H](S(=O)(=O)c1cc(C(=O)Nc3cc(F)c(F)c(F)c3)ccc1Cl)C2. The van der Waals surface area contributed by atoms with E-state index in [-0.39, 0.29) is 46.3 Å². The number of hydrogen-bond donors (Lipinski definition) is 3. The van der Waals surface area contributed by atoms with Gasteiger partial charge >= 0.3 is 0 Å². The van der Waals surface area contributed by atoms with E-state index in [0.29, 0.717) is 38.1 Å². The van der Waals surface area contributed by atoms with Crippen LogP contribution in [-0.4, -0.2) is 56.5 Å². The average molecular weight is 589 g/mol. The number of carbonyl (C=O) groups excluding carboxylic acids is 2. The van der Waals surface area contributed by atoms with Gasteiger partial charge in [0.2, 0.25) is 5.91 Å². The van der Waals surface area contributed by atoms with Crippen LogP contribution in [-0.2, 0) is 19.4 Å². The topological polar surface area (TPSA) is 122 Å². The van der Waals surface area contributed by atoms with Gasteiger partial charge in [0, 0.05) is 37.0 Å². The molecule has 0 aliphatic heterocycles. The highest BCUT2D eigenvalue weighted by atomic mass is 35.5. The van der Waals surface area contributed by atoms with Crippen LogP contribution in [0, 0.1) is 29.3 Å².